The molecule has 3 nitrogen and oxygen atoms in total. The average Bonchev–Trinajstić information content (AvgIpc) is 2.84. The summed E-state index contributed by atoms with van der Waals surface area (Å²) in [5.74, 6) is 1.02. The monoisotopic (exact) mass is 261 g/mol. The average molecular weight is 261 g/mol. The Kier molecular flexibility index (Phi) is 2.11. The molecule has 4 rings (SSSR count). The second-order valence-electron chi connectivity index (χ2n) is 5.29. The quantitative estimate of drug-likeness (QED) is 0.490. The Morgan fingerprint density at radius 1 is 1.05 bits per heavy atom. The summed E-state index contributed by atoms with van der Waals surface area (Å²) in [4.78, 5) is 4.77. The van der Waals surface area contributed by atoms with Crippen LogP contribution in [0.15, 0.2) is 42.5 Å². The van der Waals surface area contributed by atoms with E-state index in [0.29, 0.717) is 0 Å². The molecule has 0 bridgehead atoms. The molecule has 2 heterocycles. The van der Waals surface area contributed by atoms with E-state index in [4.69, 9.17) is 10.7 Å². The number of nitrogens with two attached hydrogens (primary N) is 1. The number of nitrogen functional groups attached to an aromatic ring is 1. The molecule has 20 heavy (non-hydrogen) atoms. The minimum Gasteiger partial charge on any atom is -0.399 e. The van der Waals surface area contributed by atoms with E-state index in [1.165, 1.54) is 22.0 Å². The Balaban J connectivity index is 2.32. The summed E-state index contributed by atoms with van der Waals surface area (Å²) < 4.78 is 2.16. The summed E-state index contributed by atoms with van der Waals surface area (Å²) in [6, 6.07) is 14.4. The zero-order valence-corrected chi connectivity index (χ0v) is 11.5. The minimum atomic E-state index is 0.780. The fourth-order valence-corrected chi connectivity index (χ4v) is 3.09. The topological polar surface area (TPSA) is 43.8 Å². The van der Waals surface area contributed by atoms with E-state index in [0.717, 1.165) is 22.4 Å². The second-order valence-corrected chi connectivity index (χ2v) is 5.29. The van der Waals surface area contributed by atoms with Crippen LogP contribution in [0.3, 0.4) is 0 Å². The van der Waals surface area contributed by atoms with Crippen LogP contribution in [-0.2, 0) is 7.05 Å². The molecule has 0 unspecified atom stereocenters. The lowest BCUT2D eigenvalue weighted by molar-refractivity contribution is 0.936. The highest BCUT2D eigenvalue weighted by Crippen LogP contribution is 2.38. The summed E-state index contributed by atoms with van der Waals surface area (Å²) in [6.45, 7) is 2.16. The van der Waals surface area contributed by atoms with Crippen molar-refractivity contribution in [2.75, 3.05) is 5.73 Å². The molecule has 0 aliphatic carbocycles. The van der Waals surface area contributed by atoms with Gasteiger partial charge in [-0.25, -0.2) is 4.98 Å². The molecule has 98 valence electrons. The highest BCUT2D eigenvalue weighted by atomic mass is 15.0. The van der Waals surface area contributed by atoms with E-state index in [9.17, 15) is 0 Å². The third kappa shape index (κ3) is 1.32. The first-order chi connectivity index (χ1) is 9.66. The maximum atomic E-state index is 5.94. The van der Waals surface area contributed by atoms with E-state index in [1.54, 1.807) is 0 Å². The van der Waals surface area contributed by atoms with Crippen LogP contribution >= 0.6 is 0 Å². The van der Waals surface area contributed by atoms with Gasteiger partial charge in [0.2, 0.25) is 0 Å². The number of aryl methyl sites for hydroxylation is 2. The maximum absolute atomic E-state index is 5.94. The summed E-state index contributed by atoms with van der Waals surface area (Å²) in [5, 5.41) is 2.40. The van der Waals surface area contributed by atoms with Crippen molar-refractivity contribution in [1.82, 2.24) is 9.55 Å². The van der Waals surface area contributed by atoms with E-state index < -0.39 is 0 Å². The Bertz CT molecular complexity index is 934. The van der Waals surface area contributed by atoms with Gasteiger partial charge in [-0.05, 0) is 36.8 Å². The zero-order valence-electron chi connectivity index (χ0n) is 11.5. The van der Waals surface area contributed by atoms with Crippen LogP contribution in [0.4, 0.5) is 5.69 Å². The van der Waals surface area contributed by atoms with Gasteiger partial charge in [0.15, 0.2) is 0 Å². The SMILES string of the molecule is Cc1c2c3cc(N)ccc3nc-2n(C)c2ccccc12. The van der Waals surface area contributed by atoms with Gasteiger partial charge in [0.25, 0.3) is 0 Å². The van der Waals surface area contributed by atoms with E-state index in [1.807, 2.05) is 18.2 Å². The van der Waals surface area contributed by atoms with E-state index in [-0.39, 0.29) is 0 Å². The molecule has 0 aromatic heterocycles. The molecular weight excluding hydrogens is 246 g/mol. The number of aromatic nitrogens is 2. The highest BCUT2D eigenvalue weighted by molar-refractivity contribution is 6.04. The summed E-state index contributed by atoms with van der Waals surface area (Å²) in [6.07, 6.45) is 0. The number of anilines is 1. The van der Waals surface area contributed by atoms with Crippen LogP contribution in [0.1, 0.15) is 5.56 Å². The third-order valence-electron chi connectivity index (χ3n) is 4.10. The van der Waals surface area contributed by atoms with Crippen molar-refractivity contribution < 1.29 is 0 Å². The first kappa shape index (κ1) is 11.3. The van der Waals surface area contributed by atoms with E-state index in [2.05, 4.69) is 42.8 Å². The molecule has 3 heteroatoms. The maximum Gasteiger partial charge on any atom is 0.141 e. The van der Waals surface area contributed by atoms with Gasteiger partial charge in [-0.2, -0.15) is 0 Å². The van der Waals surface area contributed by atoms with Crippen molar-refractivity contribution in [3.63, 3.8) is 0 Å². The van der Waals surface area contributed by atoms with Crippen LogP contribution in [-0.4, -0.2) is 9.55 Å². The number of hydrogen-bond acceptors (Lipinski definition) is 2. The second kappa shape index (κ2) is 3.73. The van der Waals surface area contributed by atoms with Gasteiger partial charge >= 0.3 is 0 Å². The van der Waals surface area contributed by atoms with E-state index >= 15 is 0 Å². The van der Waals surface area contributed by atoms with Gasteiger partial charge in [-0.1, -0.05) is 18.2 Å². The van der Waals surface area contributed by atoms with Crippen LogP contribution in [0.5, 0.6) is 0 Å². The van der Waals surface area contributed by atoms with Crippen molar-refractivity contribution >= 4 is 27.5 Å². The number of rotatable bonds is 0. The molecule has 0 radical (unpaired) electrons. The number of hydrogen-bond donors (Lipinski definition) is 1. The summed E-state index contributed by atoms with van der Waals surface area (Å²) in [7, 11) is 2.07. The van der Waals surface area contributed by atoms with Gasteiger partial charge < -0.3 is 10.3 Å². The molecule has 0 saturated carbocycles. The molecule has 0 spiro atoms. The largest absolute Gasteiger partial charge is 0.399 e. The Morgan fingerprint density at radius 3 is 2.70 bits per heavy atom. The smallest absolute Gasteiger partial charge is 0.141 e. The molecule has 2 aliphatic rings. The number of para-hydroxylation sites is 1. The number of benzene rings is 2. The van der Waals surface area contributed by atoms with Crippen LogP contribution < -0.4 is 5.73 Å². The Labute approximate surface area is 117 Å². The lowest BCUT2D eigenvalue weighted by Gasteiger charge is -2.15. The van der Waals surface area contributed by atoms with Crippen molar-refractivity contribution in [3.05, 3.63) is 48.0 Å². The number of pyridine rings is 1. The Morgan fingerprint density at radius 2 is 1.85 bits per heavy atom. The van der Waals surface area contributed by atoms with Gasteiger partial charge in [0.05, 0.1) is 5.52 Å². The molecule has 2 aliphatic heterocycles. The van der Waals surface area contributed by atoms with Gasteiger partial charge in [0, 0.05) is 34.6 Å². The van der Waals surface area contributed by atoms with Gasteiger partial charge in [-0.3, -0.25) is 0 Å². The van der Waals surface area contributed by atoms with Crippen molar-refractivity contribution in [2.24, 2.45) is 7.05 Å². The molecule has 2 aromatic carbocycles. The standard InChI is InChI=1S/C17H15N3/c1-10-12-5-3-4-6-15(12)20(2)17-16(10)13-9-11(18)7-8-14(13)19-17/h3-9H,18H2,1-2H3. The molecule has 0 fully saturated rings. The van der Waals surface area contributed by atoms with Gasteiger partial charge in [0.1, 0.15) is 5.82 Å². The van der Waals surface area contributed by atoms with Gasteiger partial charge in [-0.15, -0.1) is 0 Å². The Hall–Kier alpha value is -2.55. The first-order valence-corrected chi connectivity index (χ1v) is 6.70. The molecule has 0 amide bonds. The van der Waals surface area contributed by atoms with Crippen LogP contribution in [0, 0.1) is 6.92 Å². The highest BCUT2D eigenvalue weighted by Gasteiger charge is 2.19. The number of fused-ring (bicyclic) bond motifs is 4. The summed E-state index contributed by atoms with van der Waals surface area (Å²) >= 11 is 0. The molecule has 0 saturated heterocycles. The van der Waals surface area contributed by atoms with Crippen molar-refractivity contribution in [1.29, 1.82) is 0 Å². The van der Waals surface area contributed by atoms with Crippen LogP contribution in [0.25, 0.3) is 33.2 Å². The number of nitrogens with zero attached hydrogens (tertiary/aromatic N) is 2. The summed E-state index contributed by atoms with van der Waals surface area (Å²) in [5.41, 5.74) is 11.4. The lowest BCUT2D eigenvalue weighted by atomic mass is 10.00. The predicted octanol–water partition coefficient (Wildman–Crippen LogP) is 3.72. The fraction of sp³-hybridized carbons (Fsp3) is 0.118. The fourth-order valence-electron chi connectivity index (χ4n) is 3.09. The normalized spacial score (nSPS) is 11.7. The molecule has 2 aromatic rings. The van der Waals surface area contributed by atoms with Crippen LogP contribution in [0.2, 0.25) is 0 Å². The van der Waals surface area contributed by atoms with Crippen molar-refractivity contribution in [3.8, 4) is 11.4 Å². The zero-order chi connectivity index (χ0) is 13.9. The third-order valence-corrected chi connectivity index (χ3v) is 4.10. The lowest BCUT2D eigenvalue weighted by Crippen LogP contribution is -2.01. The van der Waals surface area contributed by atoms with Crippen molar-refractivity contribution in [2.45, 2.75) is 6.92 Å². The molecule has 2 N–H and O–H groups in total. The predicted molar refractivity (Wildman–Crippen MR) is 84.0 cm³/mol. The molecular formula is C17H15N3. The first-order valence-electron chi connectivity index (χ1n) is 6.70. The minimum absolute atomic E-state index is 0.780. The molecule has 0 atom stereocenters.